The first-order valence-corrected chi connectivity index (χ1v) is 7.68. The van der Waals surface area contributed by atoms with Gasteiger partial charge in [0.05, 0.1) is 31.0 Å². The Morgan fingerprint density at radius 1 is 1.17 bits per heavy atom. The van der Waals surface area contributed by atoms with Crippen LogP contribution in [0.3, 0.4) is 0 Å². The van der Waals surface area contributed by atoms with Crippen molar-refractivity contribution in [2.45, 2.75) is 20.5 Å². The van der Waals surface area contributed by atoms with Gasteiger partial charge in [-0.3, -0.25) is 4.68 Å². The van der Waals surface area contributed by atoms with Crippen LogP contribution in [0.15, 0.2) is 23.7 Å². The number of aromatic nitrogens is 6. The summed E-state index contributed by atoms with van der Waals surface area (Å²) in [6.45, 7) is 5.40. The van der Waals surface area contributed by atoms with Crippen LogP contribution in [0.1, 0.15) is 19.4 Å². The van der Waals surface area contributed by atoms with E-state index in [9.17, 15) is 0 Å². The summed E-state index contributed by atoms with van der Waals surface area (Å²) in [6.07, 6.45) is 6.33. The first-order chi connectivity index (χ1) is 11.8. The molecule has 24 heavy (non-hydrogen) atoms. The predicted molar refractivity (Wildman–Crippen MR) is 88.5 cm³/mol. The SMILES string of the molecule is CCOC=Nc1c(COCC)cnn1-c1ncnc2c1cnn2C. The van der Waals surface area contributed by atoms with Gasteiger partial charge >= 0.3 is 0 Å². The van der Waals surface area contributed by atoms with Crippen molar-refractivity contribution in [3.05, 3.63) is 24.3 Å². The molecule has 3 aromatic heterocycles. The standard InChI is InChI=1S/C15H19N7O2/c1-4-23-8-11-6-20-22(13(11)18-10-24-5-2)15-12-7-19-21(3)14(12)16-9-17-15/h6-7,9-10H,4-5,8H2,1-3H3. The average Bonchev–Trinajstić information content (AvgIpc) is 3.17. The molecule has 0 atom stereocenters. The molecule has 0 aliphatic heterocycles. The smallest absolute Gasteiger partial charge is 0.176 e. The van der Waals surface area contributed by atoms with Gasteiger partial charge in [0.15, 0.2) is 23.7 Å². The molecule has 0 aromatic carbocycles. The Hall–Kier alpha value is -2.81. The summed E-state index contributed by atoms with van der Waals surface area (Å²) in [5.74, 6) is 1.22. The fraction of sp³-hybridized carbons (Fsp3) is 0.400. The summed E-state index contributed by atoms with van der Waals surface area (Å²) < 4.78 is 14.1. The van der Waals surface area contributed by atoms with Crippen molar-refractivity contribution in [3.63, 3.8) is 0 Å². The third-order valence-electron chi connectivity index (χ3n) is 3.40. The van der Waals surface area contributed by atoms with E-state index in [4.69, 9.17) is 9.47 Å². The number of rotatable bonds is 7. The molecule has 0 aliphatic rings. The second-order valence-corrected chi connectivity index (χ2v) is 4.93. The molecule has 9 heteroatoms. The Bertz CT molecular complexity index is 853. The summed E-state index contributed by atoms with van der Waals surface area (Å²) >= 11 is 0. The maximum absolute atomic E-state index is 5.49. The molecule has 0 unspecified atom stereocenters. The number of hydrogen-bond acceptors (Lipinski definition) is 7. The Kier molecular flexibility index (Phi) is 4.80. The van der Waals surface area contributed by atoms with Gasteiger partial charge in [-0.05, 0) is 13.8 Å². The van der Waals surface area contributed by atoms with Gasteiger partial charge in [-0.1, -0.05) is 0 Å². The fourth-order valence-corrected chi connectivity index (χ4v) is 2.26. The van der Waals surface area contributed by atoms with Gasteiger partial charge in [-0.15, -0.1) is 0 Å². The maximum atomic E-state index is 5.49. The van der Waals surface area contributed by atoms with Gasteiger partial charge in [-0.25, -0.2) is 15.0 Å². The molecule has 126 valence electrons. The minimum Gasteiger partial charge on any atom is -0.483 e. The number of ether oxygens (including phenoxy) is 2. The monoisotopic (exact) mass is 329 g/mol. The van der Waals surface area contributed by atoms with Gasteiger partial charge in [0, 0.05) is 19.2 Å². The Labute approximate surface area is 139 Å². The molecule has 0 radical (unpaired) electrons. The van der Waals surface area contributed by atoms with Gasteiger partial charge in [0.1, 0.15) is 6.33 Å². The molecule has 3 aromatic rings. The van der Waals surface area contributed by atoms with E-state index < -0.39 is 0 Å². The summed E-state index contributed by atoms with van der Waals surface area (Å²) in [4.78, 5) is 13.0. The lowest BCUT2D eigenvalue weighted by molar-refractivity contribution is 0.134. The number of nitrogens with zero attached hydrogens (tertiary/aromatic N) is 7. The van der Waals surface area contributed by atoms with E-state index in [0.717, 1.165) is 16.6 Å². The van der Waals surface area contributed by atoms with Crippen molar-refractivity contribution in [2.24, 2.45) is 12.0 Å². The van der Waals surface area contributed by atoms with Crippen LogP contribution in [0.25, 0.3) is 16.9 Å². The van der Waals surface area contributed by atoms with E-state index >= 15 is 0 Å². The first kappa shape index (κ1) is 16.1. The fourth-order valence-electron chi connectivity index (χ4n) is 2.26. The molecule has 0 saturated heterocycles. The highest BCUT2D eigenvalue weighted by molar-refractivity contribution is 5.82. The molecule has 0 amide bonds. The van der Waals surface area contributed by atoms with Crippen molar-refractivity contribution < 1.29 is 9.47 Å². The third kappa shape index (κ3) is 2.98. The van der Waals surface area contributed by atoms with E-state index in [1.807, 2.05) is 20.9 Å². The lowest BCUT2D eigenvalue weighted by atomic mass is 10.3. The molecule has 0 aliphatic carbocycles. The van der Waals surface area contributed by atoms with Crippen LogP contribution in [0, 0.1) is 0 Å². The highest BCUT2D eigenvalue weighted by Gasteiger charge is 2.16. The second kappa shape index (κ2) is 7.18. The largest absolute Gasteiger partial charge is 0.483 e. The minimum absolute atomic E-state index is 0.413. The van der Waals surface area contributed by atoms with E-state index in [1.165, 1.54) is 12.7 Å². The zero-order chi connectivity index (χ0) is 16.9. The topological polar surface area (TPSA) is 92.2 Å². The van der Waals surface area contributed by atoms with Crippen LogP contribution in [0.5, 0.6) is 0 Å². The molecule has 0 spiro atoms. The van der Waals surface area contributed by atoms with Crippen LogP contribution in [-0.2, 0) is 23.1 Å². The summed E-state index contributed by atoms with van der Waals surface area (Å²) in [5.41, 5.74) is 1.57. The van der Waals surface area contributed by atoms with Gasteiger partial charge in [0.25, 0.3) is 0 Å². The van der Waals surface area contributed by atoms with E-state index in [0.29, 0.717) is 31.5 Å². The number of fused-ring (bicyclic) bond motifs is 1. The molecule has 9 nitrogen and oxygen atoms in total. The second-order valence-electron chi connectivity index (χ2n) is 4.93. The van der Waals surface area contributed by atoms with Crippen LogP contribution < -0.4 is 0 Å². The number of aryl methyl sites for hydroxylation is 1. The molecule has 0 fully saturated rings. The predicted octanol–water partition coefficient (Wildman–Crippen LogP) is 1.78. The van der Waals surface area contributed by atoms with Crippen molar-refractivity contribution in [1.82, 2.24) is 29.5 Å². The van der Waals surface area contributed by atoms with Crippen LogP contribution in [0.2, 0.25) is 0 Å². The first-order valence-electron chi connectivity index (χ1n) is 7.68. The van der Waals surface area contributed by atoms with E-state index in [1.54, 1.807) is 21.8 Å². The van der Waals surface area contributed by atoms with Gasteiger partial charge in [0.2, 0.25) is 0 Å². The molecule has 0 N–H and O–H groups in total. The van der Waals surface area contributed by atoms with Crippen LogP contribution >= 0.6 is 0 Å². The summed E-state index contributed by atoms with van der Waals surface area (Å²) in [7, 11) is 1.83. The quantitative estimate of drug-likeness (QED) is 0.484. The Balaban J connectivity index is 2.10. The molecule has 3 rings (SSSR count). The number of hydrogen-bond donors (Lipinski definition) is 0. The van der Waals surface area contributed by atoms with Crippen molar-refractivity contribution in [2.75, 3.05) is 13.2 Å². The molecule has 0 bridgehead atoms. The Morgan fingerprint density at radius 2 is 2.04 bits per heavy atom. The summed E-state index contributed by atoms with van der Waals surface area (Å²) in [5, 5.41) is 9.44. The van der Waals surface area contributed by atoms with Crippen molar-refractivity contribution in [3.8, 4) is 5.82 Å². The zero-order valence-electron chi connectivity index (χ0n) is 13.9. The normalized spacial score (nSPS) is 11.6. The van der Waals surface area contributed by atoms with Crippen molar-refractivity contribution >= 4 is 23.3 Å². The Morgan fingerprint density at radius 3 is 2.83 bits per heavy atom. The third-order valence-corrected chi connectivity index (χ3v) is 3.40. The highest BCUT2D eigenvalue weighted by Crippen LogP contribution is 2.26. The van der Waals surface area contributed by atoms with Crippen LogP contribution in [0.4, 0.5) is 5.82 Å². The highest BCUT2D eigenvalue weighted by atomic mass is 16.5. The lowest BCUT2D eigenvalue weighted by Gasteiger charge is -2.06. The molecule has 3 heterocycles. The van der Waals surface area contributed by atoms with Gasteiger partial charge in [-0.2, -0.15) is 14.9 Å². The number of aliphatic imine (C=N–C) groups is 1. The molecular weight excluding hydrogens is 310 g/mol. The molecule has 0 saturated carbocycles. The average molecular weight is 329 g/mol. The summed E-state index contributed by atoms with van der Waals surface area (Å²) in [6, 6.07) is 0. The van der Waals surface area contributed by atoms with E-state index in [-0.39, 0.29) is 0 Å². The molecular formula is C15H19N7O2. The minimum atomic E-state index is 0.413. The van der Waals surface area contributed by atoms with E-state index in [2.05, 4.69) is 25.2 Å². The lowest BCUT2D eigenvalue weighted by Crippen LogP contribution is -2.02. The zero-order valence-corrected chi connectivity index (χ0v) is 13.9. The van der Waals surface area contributed by atoms with Gasteiger partial charge < -0.3 is 9.47 Å². The maximum Gasteiger partial charge on any atom is 0.176 e. The van der Waals surface area contributed by atoms with Crippen molar-refractivity contribution in [1.29, 1.82) is 0 Å². The van der Waals surface area contributed by atoms with Crippen LogP contribution in [-0.4, -0.2) is 49.1 Å².